The van der Waals surface area contributed by atoms with Crippen LogP contribution >= 0.6 is 0 Å². The van der Waals surface area contributed by atoms with E-state index in [2.05, 4.69) is 0 Å². The number of piperidine rings is 1. The van der Waals surface area contributed by atoms with E-state index in [9.17, 15) is 18.0 Å². The topological polar surface area (TPSA) is 101 Å². The lowest BCUT2D eigenvalue weighted by Crippen LogP contribution is -2.40. The highest BCUT2D eigenvalue weighted by Gasteiger charge is 2.26. The molecule has 7 nitrogen and oxygen atoms in total. The molecule has 0 aromatic heterocycles. The van der Waals surface area contributed by atoms with Gasteiger partial charge in [0.05, 0.1) is 17.4 Å². The third-order valence-corrected chi connectivity index (χ3v) is 5.63. The van der Waals surface area contributed by atoms with Crippen molar-refractivity contribution in [3.05, 3.63) is 24.3 Å². The SMILES string of the molecule is CS(=O)(=O)c1ccc(OCCCCC(=O)N2CCC(C(=O)O)CC2)cc1. The monoisotopic (exact) mass is 383 g/mol. The van der Waals surface area contributed by atoms with Gasteiger partial charge in [0.15, 0.2) is 9.84 Å². The maximum atomic E-state index is 12.1. The van der Waals surface area contributed by atoms with E-state index in [4.69, 9.17) is 9.84 Å². The summed E-state index contributed by atoms with van der Waals surface area (Å²) in [5.41, 5.74) is 0. The number of sulfone groups is 1. The first-order valence-corrected chi connectivity index (χ1v) is 10.6. The van der Waals surface area contributed by atoms with Gasteiger partial charge in [-0.3, -0.25) is 9.59 Å². The van der Waals surface area contributed by atoms with Crippen molar-refractivity contribution in [2.24, 2.45) is 5.92 Å². The molecular weight excluding hydrogens is 358 g/mol. The molecule has 0 radical (unpaired) electrons. The molecule has 0 atom stereocenters. The molecule has 0 saturated carbocycles. The highest BCUT2D eigenvalue weighted by Crippen LogP contribution is 2.19. The summed E-state index contributed by atoms with van der Waals surface area (Å²) >= 11 is 0. The van der Waals surface area contributed by atoms with Crippen molar-refractivity contribution < 1.29 is 27.9 Å². The van der Waals surface area contributed by atoms with Gasteiger partial charge in [0, 0.05) is 25.8 Å². The van der Waals surface area contributed by atoms with Gasteiger partial charge in [-0.05, 0) is 49.9 Å². The highest BCUT2D eigenvalue weighted by molar-refractivity contribution is 7.90. The molecule has 0 spiro atoms. The summed E-state index contributed by atoms with van der Waals surface area (Å²) in [7, 11) is -3.21. The van der Waals surface area contributed by atoms with Crippen LogP contribution in [0.15, 0.2) is 29.2 Å². The summed E-state index contributed by atoms with van der Waals surface area (Å²) in [6, 6.07) is 6.26. The van der Waals surface area contributed by atoms with Crippen LogP contribution in [0.3, 0.4) is 0 Å². The van der Waals surface area contributed by atoms with Crippen LogP contribution in [0.1, 0.15) is 32.1 Å². The number of carboxylic acids is 1. The zero-order valence-electron chi connectivity index (χ0n) is 14.9. The standard InChI is InChI=1S/C18H25NO6S/c1-26(23,24)16-7-5-15(6-8-16)25-13-3-2-4-17(20)19-11-9-14(10-12-19)18(21)22/h5-8,14H,2-4,9-13H2,1H3,(H,21,22). The quantitative estimate of drug-likeness (QED) is 0.689. The number of amides is 1. The molecule has 2 rings (SSSR count). The van der Waals surface area contributed by atoms with Gasteiger partial charge in [-0.2, -0.15) is 0 Å². The van der Waals surface area contributed by atoms with Crippen molar-refractivity contribution in [3.63, 3.8) is 0 Å². The van der Waals surface area contributed by atoms with Crippen LogP contribution < -0.4 is 4.74 Å². The molecule has 144 valence electrons. The minimum atomic E-state index is -3.21. The number of rotatable bonds is 8. The Hall–Kier alpha value is -2.09. The van der Waals surface area contributed by atoms with Crippen LogP contribution in [0.5, 0.6) is 5.75 Å². The van der Waals surface area contributed by atoms with E-state index in [1.165, 1.54) is 12.1 Å². The second-order valence-corrected chi connectivity index (χ2v) is 8.56. The van der Waals surface area contributed by atoms with Gasteiger partial charge in [-0.25, -0.2) is 8.42 Å². The fourth-order valence-electron chi connectivity index (χ4n) is 2.89. The molecule has 1 aromatic carbocycles. The zero-order chi connectivity index (χ0) is 19.2. The lowest BCUT2D eigenvalue weighted by atomic mass is 9.97. The lowest BCUT2D eigenvalue weighted by molar-refractivity contribution is -0.145. The van der Waals surface area contributed by atoms with E-state index < -0.39 is 15.8 Å². The van der Waals surface area contributed by atoms with Crippen LogP contribution in [0.4, 0.5) is 0 Å². The Labute approximate surface area is 153 Å². The summed E-state index contributed by atoms with van der Waals surface area (Å²) in [5.74, 6) is -0.453. The summed E-state index contributed by atoms with van der Waals surface area (Å²) in [4.78, 5) is 25.0. The summed E-state index contributed by atoms with van der Waals surface area (Å²) in [5, 5.41) is 8.97. The molecule has 1 saturated heterocycles. The fourth-order valence-corrected chi connectivity index (χ4v) is 3.52. The number of unbranched alkanes of at least 4 members (excludes halogenated alkanes) is 1. The molecule has 1 amide bonds. The van der Waals surface area contributed by atoms with E-state index in [0.29, 0.717) is 57.6 Å². The zero-order valence-corrected chi connectivity index (χ0v) is 15.7. The molecule has 1 fully saturated rings. The number of carboxylic acid groups (broad SMARTS) is 1. The van der Waals surface area contributed by atoms with E-state index in [0.717, 1.165) is 6.26 Å². The second-order valence-electron chi connectivity index (χ2n) is 6.54. The van der Waals surface area contributed by atoms with Gasteiger partial charge in [-0.1, -0.05) is 0 Å². The highest BCUT2D eigenvalue weighted by atomic mass is 32.2. The Balaban J connectivity index is 1.63. The van der Waals surface area contributed by atoms with Crippen LogP contribution in [-0.2, 0) is 19.4 Å². The Morgan fingerprint density at radius 2 is 1.77 bits per heavy atom. The van der Waals surface area contributed by atoms with Crippen LogP contribution in [0.25, 0.3) is 0 Å². The normalized spacial score (nSPS) is 15.7. The average Bonchev–Trinajstić information content (AvgIpc) is 2.61. The number of hydrogen-bond acceptors (Lipinski definition) is 5. The first kappa shape index (κ1) is 20.2. The van der Waals surface area contributed by atoms with Crippen molar-refractivity contribution >= 4 is 21.7 Å². The van der Waals surface area contributed by atoms with Crippen LogP contribution in [0, 0.1) is 5.92 Å². The van der Waals surface area contributed by atoms with Gasteiger partial charge >= 0.3 is 5.97 Å². The Kier molecular flexibility index (Phi) is 7.02. The van der Waals surface area contributed by atoms with Crippen molar-refractivity contribution in [2.75, 3.05) is 26.0 Å². The van der Waals surface area contributed by atoms with Crippen molar-refractivity contribution in [2.45, 2.75) is 37.0 Å². The fraction of sp³-hybridized carbons (Fsp3) is 0.556. The number of hydrogen-bond donors (Lipinski definition) is 1. The molecule has 1 aliphatic heterocycles. The van der Waals surface area contributed by atoms with Gasteiger partial charge < -0.3 is 14.7 Å². The van der Waals surface area contributed by atoms with Crippen LogP contribution in [0.2, 0.25) is 0 Å². The summed E-state index contributed by atoms with van der Waals surface area (Å²) in [6.45, 7) is 1.48. The predicted molar refractivity (Wildman–Crippen MR) is 95.8 cm³/mol. The first-order valence-electron chi connectivity index (χ1n) is 8.71. The molecule has 0 bridgehead atoms. The number of likely N-dealkylation sites (tertiary alicyclic amines) is 1. The number of benzene rings is 1. The third-order valence-electron chi connectivity index (χ3n) is 4.50. The number of aliphatic carboxylic acids is 1. The molecular formula is C18H25NO6S. The average molecular weight is 383 g/mol. The Bertz CT molecular complexity index is 721. The largest absolute Gasteiger partial charge is 0.494 e. The molecule has 8 heteroatoms. The van der Waals surface area contributed by atoms with Gasteiger partial charge in [-0.15, -0.1) is 0 Å². The van der Waals surface area contributed by atoms with Crippen molar-refractivity contribution in [1.82, 2.24) is 4.90 Å². The lowest BCUT2D eigenvalue weighted by Gasteiger charge is -2.30. The molecule has 1 aliphatic rings. The van der Waals surface area contributed by atoms with Crippen molar-refractivity contribution in [1.29, 1.82) is 0 Å². The van der Waals surface area contributed by atoms with Gasteiger partial charge in [0.1, 0.15) is 5.75 Å². The van der Waals surface area contributed by atoms with E-state index in [-0.39, 0.29) is 16.7 Å². The van der Waals surface area contributed by atoms with E-state index >= 15 is 0 Å². The van der Waals surface area contributed by atoms with Gasteiger partial charge in [0.25, 0.3) is 0 Å². The Morgan fingerprint density at radius 3 is 2.31 bits per heavy atom. The number of nitrogens with zero attached hydrogens (tertiary/aromatic N) is 1. The summed E-state index contributed by atoms with van der Waals surface area (Å²) in [6.07, 6.45) is 4.03. The molecule has 1 N–H and O–H groups in total. The van der Waals surface area contributed by atoms with E-state index in [1.807, 2.05) is 0 Å². The summed E-state index contributed by atoms with van der Waals surface area (Å²) < 4.78 is 28.3. The number of ether oxygens (including phenoxy) is 1. The predicted octanol–water partition coefficient (Wildman–Crippen LogP) is 1.96. The molecule has 1 aromatic rings. The maximum Gasteiger partial charge on any atom is 0.306 e. The minimum absolute atomic E-state index is 0.0614. The second kappa shape index (κ2) is 9.02. The molecule has 26 heavy (non-hydrogen) atoms. The molecule has 0 unspecified atom stereocenters. The maximum absolute atomic E-state index is 12.1. The third kappa shape index (κ3) is 6.01. The minimum Gasteiger partial charge on any atom is -0.494 e. The smallest absolute Gasteiger partial charge is 0.306 e. The van der Waals surface area contributed by atoms with E-state index in [1.54, 1.807) is 17.0 Å². The van der Waals surface area contributed by atoms with Crippen molar-refractivity contribution in [3.8, 4) is 5.75 Å². The van der Waals surface area contributed by atoms with Gasteiger partial charge in [0.2, 0.25) is 5.91 Å². The molecule has 0 aliphatic carbocycles. The van der Waals surface area contributed by atoms with Crippen LogP contribution in [-0.4, -0.2) is 56.3 Å². The molecule has 1 heterocycles. The number of carbonyl (C=O) groups is 2. The first-order chi connectivity index (χ1) is 12.3. The Morgan fingerprint density at radius 1 is 1.15 bits per heavy atom. The number of carbonyl (C=O) groups excluding carboxylic acids is 1.